The van der Waals surface area contributed by atoms with E-state index in [1.807, 2.05) is 56.3 Å². The number of ether oxygens (including phenoxy) is 2. The summed E-state index contributed by atoms with van der Waals surface area (Å²) >= 11 is -0.534. The van der Waals surface area contributed by atoms with Gasteiger partial charge in [0.15, 0.2) is 11.5 Å². The van der Waals surface area contributed by atoms with Crippen molar-refractivity contribution in [2.24, 2.45) is 0 Å². The molecule has 2 aromatic rings. The maximum Gasteiger partial charge on any atom is 0.308 e. The number of benzene rings is 2. The topological polar surface area (TPSA) is 75.7 Å². The zero-order chi connectivity index (χ0) is 20.9. The summed E-state index contributed by atoms with van der Waals surface area (Å²) in [4.78, 5) is 22.2. The van der Waals surface area contributed by atoms with Gasteiger partial charge in [-0.2, -0.15) is 0 Å². The molecule has 0 heterocycles. The zero-order valence-corrected chi connectivity index (χ0v) is 17.5. The van der Waals surface area contributed by atoms with E-state index < -0.39 is 23.1 Å². The van der Waals surface area contributed by atoms with Crippen LogP contribution >= 0.6 is 0 Å². The molecule has 0 amide bonds. The molecule has 0 spiro atoms. The van der Waals surface area contributed by atoms with Crippen molar-refractivity contribution in [2.45, 2.75) is 27.7 Å². The molecular formula is C22H26O5S. The Morgan fingerprint density at radius 3 is 1.89 bits per heavy atom. The highest BCUT2D eigenvalue weighted by atomic mass is 32.2. The first-order valence-electron chi connectivity index (χ1n) is 8.94. The SMILES string of the molecule is CC(=O)Oc1ccc(/C=C/c2ccccc2)cc1OC(C)=O.CC[S+]([O-])CC. The second kappa shape index (κ2) is 12.8. The Morgan fingerprint density at radius 1 is 0.857 bits per heavy atom. The molecule has 0 N–H and O–H groups in total. The lowest BCUT2D eigenvalue weighted by atomic mass is 10.1. The molecule has 150 valence electrons. The second-order valence-corrected chi connectivity index (χ2v) is 7.69. The average Bonchev–Trinajstić information content (AvgIpc) is 2.68. The molecule has 0 aliphatic rings. The van der Waals surface area contributed by atoms with Gasteiger partial charge in [0.25, 0.3) is 0 Å². The van der Waals surface area contributed by atoms with Crippen LogP contribution in [-0.2, 0) is 20.8 Å². The average molecular weight is 403 g/mol. The standard InChI is InChI=1S/C18H16O4.C4H10OS/c1-13(19)21-17-11-10-16(12-18(17)22-14(2)20)9-8-15-6-4-3-5-7-15;1-3-6(5)4-2/h3-12H,1-2H3;3-4H2,1-2H3/b9-8+;. The predicted molar refractivity (Wildman–Crippen MR) is 114 cm³/mol. The van der Waals surface area contributed by atoms with Crippen LogP contribution < -0.4 is 9.47 Å². The van der Waals surface area contributed by atoms with Crippen LogP contribution in [0.3, 0.4) is 0 Å². The van der Waals surface area contributed by atoms with Crippen LogP contribution in [0.2, 0.25) is 0 Å². The highest BCUT2D eigenvalue weighted by Gasteiger charge is 2.10. The number of rotatable bonds is 6. The van der Waals surface area contributed by atoms with Crippen LogP contribution in [0.15, 0.2) is 48.5 Å². The van der Waals surface area contributed by atoms with E-state index >= 15 is 0 Å². The monoisotopic (exact) mass is 402 g/mol. The maximum atomic E-state index is 11.2. The van der Waals surface area contributed by atoms with Crippen molar-refractivity contribution < 1.29 is 23.6 Å². The van der Waals surface area contributed by atoms with Crippen LogP contribution in [-0.4, -0.2) is 28.0 Å². The molecule has 5 nitrogen and oxygen atoms in total. The first-order valence-corrected chi connectivity index (χ1v) is 10.4. The van der Waals surface area contributed by atoms with Gasteiger partial charge in [-0.15, -0.1) is 0 Å². The third-order valence-electron chi connectivity index (χ3n) is 3.39. The van der Waals surface area contributed by atoms with Gasteiger partial charge in [0.1, 0.15) is 11.5 Å². The molecule has 0 aliphatic carbocycles. The Bertz CT molecular complexity index is 783. The smallest absolute Gasteiger partial charge is 0.308 e. The van der Waals surface area contributed by atoms with Crippen molar-refractivity contribution in [3.63, 3.8) is 0 Å². The molecular weight excluding hydrogens is 376 g/mol. The minimum Gasteiger partial charge on any atom is -0.616 e. The number of carbonyl (C=O) groups is 2. The quantitative estimate of drug-likeness (QED) is 0.308. The van der Waals surface area contributed by atoms with E-state index in [1.165, 1.54) is 13.8 Å². The van der Waals surface area contributed by atoms with Crippen LogP contribution in [0.5, 0.6) is 11.5 Å². The summed E-state index contributed by atoms with van der Waals surface area (Å²) in [5.41, 5.74) is 1.89. The Kier molecular flexibility index (Phi) is 10.7. The lowest BCUT2D eigenvalue weighted by Crippen LogP contribution is -2.07. The molecule has 0 saturated carbocycles. The minimum absolute atomic E-state index is 0.220. The third-order valence-corrected chi connectivity index (χ3v) is 4.67. The molecule has 0 bridgehead atoms. The fourth-order valence-electron chi connectivity index (χ4n) is 2.06. The molecule has 0 aromatic heterocycles. The third kappa shape index (κ3) is 9.39. The summed E-state index contributed by atoms with van der Waals surface area (Å²) in [6.07, 6.45) is 3.83. The van der Waals surface area contributed by atoms with Crippen LogP contribution in [0.1, 0.15) is 38.8 Å². The van der Waals surface area contributed by atoms with E-state index in [-0.39, 0.29) is 11.5 Å². The lowest BCUT2D eigenvalue weighted by Gasteiger charge is -2.09. The van der Waals surface area contributed by atoms with Gasteiger partial charge in [-0.3, -0.25) is 9.59 Å². The Labute approximate surface area is 169 Å². The van der Waals surface area contributed by atoms with Crippen molar-refractivity contribution >= 4 is 35.3 Å². The lowest BCUT2D eigenvalue weighted by molar-refractivity contribution is -0.134. The summed E-state index contributed by atoms with van der Waals surface area (Å²) in [7, 11) is 0. The van der Waals surface area contributed by atoms with E-state index in [2.05, 4.69) is 0 Å². The number of esters is 2. The van der Waals surface area contributed by atoms with E-state index in [4.69, 9.17) is 9.47 Å². The summed E-state index contributed by atoms with van der Waals surface area (Å²) in [6.45, 7) is 6.45. The van der Waals surface area contributed by atoms with Gasteiger partial charge in [0.2, 0.25) is 0 Å². The van der Waals surface area contributed by atoms with Gasteiger partial charge in [-0.1, -0.05) is 59.7 Å². The highest BCUT2D eigenvalue weighted by molar-refractivity contribution is 7.91. The molecule has 0 aliphatic heterocycles. The minimum atomic E-state index is -0.534. The molecule has 6 heteroatoms. The molecule has 0 atom stereocenters. The first kappa shape index (κ1) is 23.5. The van der Waals surface area contributed by atoms with Crippen LogP contribution in [0.4, 0.5) is 0 Å². The van der Waals surface area contributed by atoms with Gasteiger partial charge in [0, 0.05) is 13.8 Å². The summed E-state index contributed by atoms with van der Waals surface area (Å²) < 4.78 is 20.4. The zero-order valence-electron chi connectivity index (χ0n) is 16.6. The predicted octanol–water partition coefficient (Wildman–Crippen LogP) is 4.48. The Hall–Kier alpha value is -2.57. The van der Waals surface area contributed by atoms with Gasteiger partial charge < -0.3 is 14.0 Å². The molecule has 0 saturated heterocycles. The summed E-state index contributed by atoms with van der Waals surface area (Å²) in [5, 5.41) is 0. The number of hydrogen-bond acceptors (Lipinski definition) is 5. The van der Waals surface area contributed by atoms with Gasteiger partial charge in [-0.25, -0.2) is 0 Å². The molecule has 0 unspecified atom stereocenters. The van der Waals surface area contributed by atoms with E-state index in [0.717, 1.165) is 22.6 Å². The van der Waals surface area contributed by atoms with Gasteiger partial charge >= 0.3 is 11.9 Å². The maximum absolute atomic E-state index is 11.2. The second-order valence-electron chi connectivity index (χ2n) is 5.65. The summed E-state index contributed by atoms with van der Waals surface area (Å²) in [5.74, 6) is 1.10. The fourth-order valence-corrected chi connectivity index (χ4v) is 2.47. The molecule has 0 fully saturated rings. The van der Waals surface area contributed by atoms with Gasteiger partial charge in [-0.05, 0) is 37.1 Å². The Balaban J connectivity index is 0.000000568. The number of hydrogen-bond donors (Lipinski definition) is 0. The molecule has 0 radical (unpaired) electrons. The normalized spacial score (nSPS) is 10.4. The van der Waals surface area contributed by atoms with E-state index in [0.29, 0.717) is 0 Å². The van der Waals surface area contributed by atoms with Crippen molar-refractivity contribution in [2.75, 3.05) is 11.5 Å². The fraction of sp³-hybridized carbons (Fsp3) is 0.273. The van der Waals surface area contributed by atoms with Crippen LogP contribution in [0, 0.1) is 0 Å². The van der Waals surface area contributed by atoms with Gasteiger partial charge in [0.05, 0.1) is 0 Å². The van der Waals surface area contributed by atoms with E-state index in [9.17, 15) is 14.1 Å². The Morgan fingerprint density at radius 2 is 1.39 bits per heavy atom. The summed E-state index contributed by atoms with van der Waals surface area (Å²) in [6, 6.07) is 14.9. The molecule has 2 rings (SSSR count). The van der Waals surface area contributed by atoms with Crippen molar-refractivity contribution in [1.29, 1.82) is 0 Å². The van der Waals surface area contributed by atoms with Crippen molar-refractivity contribution in [3.8, 4) is 11.5 Å². The largest absolute Gasteiger partial charge is 0.616 e. The van der Waals surface area contributed by atoms with Crippen molar-refractivity contribution in [3.05, 3.63) is 59.7 Å². The van der Waals surface area contributed by atoms with E-state index in [1.54, 1.807) is 18.2 Å². The molecule has 28 heavy (non-hydrogen) atoms. The van der Waals surface area contributed by atoms with Crippen molar-refractivity contribution in [1.82, 2.24) is 0 Å². The number of carbonyl (C=O) groups excluding carboxylic acids is 2. The highest BCUT2D eigenvalue weighted by Crippen LogP contribution is 2.29. The first-order chi connectivity index (χ1) is 13.3. The van der Waals surface area contributed by atoms with Crippen LogP contribution in [0.25, 0.3) is 12.2 Å². The molecule has 2 aromatic carbocycles.